The van der Waals surface area contributed by atoms with E-state index in [1.807, 2.05) is 13.0 Å². The van der Waals surface area contributed by atoms with Crippen LogP contribution in [0.2, 0.25) is 0 Å². The van der Waals surface area contributed by atoms with Crippen LogP contribution >= 0.6 is 12.2 Å². The number of nitrogens with one attached hydrogen (secondary N) is 2. The second-order valence-electron chi connectivity index (χ2n) is 4.81. The van der Waals surface area contributed by atoms with Crippen molar-refractivity contribution < 1.29 is 9.53 Å². The predicted octanol–water partition coefficient (Wildman–Crippen LogP) is 3.26. The van der Waals surface area contributed by atoms with Gasteiger partial charge in [-0.15, -0.1) is 0 Å². The maximum atomic E-state index is 11.5. The third-order valence-corrected chi connectivity index (χ3v) is 3.23. The summed E-state index contributed by atoms with van der Waals surface area (Å²) >= 11 is 5.29. The molecular formula is C15H22N2O2S. The fourth-order valence-electron chi connectivity index (χ4n) is 1.89. The van der Waals surface area contributed by atoms with Crippen molar-refractivity contribution in [2.75, 3.05) is 12.4 Å². The number of rotatable bonds is 5. The van der Waals surface area contributed by atoms with Gasteiger partial charge in [0, 0.05) is 11.7 Å². The van der Waals surface area contributed by atoms with E-state index in [9.17, 15) is 4.79 Å². The summed E-state index contributed by atoms with van der Waals surface area (Å²) in [5.41, 5.74) is 2.34. The Kier molecular flexibility index (Phi) is 6.45. The largest absolute Gasteiger partial charge is 0.465 e. The van der Waals surface area contributed by atoms with Crippen molar-refractivity contribution >= 4 is 29.0 Å². The van der Waals surface area contributed by atoms with Crippen LogP contribution < -0.4 is 10.6 Å². The zero-order valence-electron chi connectivity index (χ0n) is 12.4. The summed E-state index contributed by atoms with van der Waals surface area (Å²) in [4.78, 5) is 11.5. The van der Waals surface area contributed by atoms with Gasteiger partial charge in [-0.1, -0.05) is 19.4 Å². The highest BCUT2D eigenvalue weighted by Gasteiger charge is 2.09. The van der Waals surface area contributed by atoms with Gasteiger partial charge in [0.25, 0.3) is 0 Å². The van der Waals surface area contributed by atoms with Crippen molar-refractivity contribution in [1.82, 2.24) is 5.32 Å². The molecule has 0 aliphatic carbocycles. The molecule has 0 aliphatic heterocycles. The summed E-state index contributed by atoms with van der Waals surface area (Å²) in [6.45, 7) is 6.19. The number of hydrogen-bond donors (Lipinski definition) is 2. The minimum Gasteiger partial charge on any atom is -0.465 e. The Bertz CT molecular complexity index is 489. The number of hydrogen-bond acceptors (Lipinski definition) is 3. The van der Waals surface area contributed by atoms with Crippen LogP contribution in [0, 0.1) is 6.92 Å². The molecule has 4 nitrogen and oxygen atoms in total. The van der Waals surface area contributed by atoms with Crippen LogP contribution in [0.25, 0.3) is 0 Å². The van der Waals surface area contributed by atoms with Gasteiger partial charge in [-0.2, -0.15) is 0 Å². The average Bonchev–Trinajstić information content (AvgIpc) is 2.40. The molecule has 1 rings (SSSR count). The number of thiocarbonyl (C=S) groups is 1. The third-order valence-electron chi connectivity index (χ3n) is 3.01. The minimum absolute atomic E-state index is 0.323. The predicted molar refractivity (Wildman–Crippen MR) is 86.2 cm³/mol. The van der Waals surface area contributed by atoms with Gasteiger partial charge in [0.1, 0.15) is 0 Å². The van der Waals surface area contributed by atoms with E-state index in [0.717, 1.165) is 24.1 Å². The molecule has 1 aromatic carbocycles. The molecule has 0 fully saturated rings. The van der Waals surface area contributed by atoms with E-state index in [-0.39, 0.29) is 5.97 Å². The van der Waals surface area contributed by atoms with Crippen molar-refractivity contribution in [3.8, 4) is 0 Å². The van der Waals surface area contributed by atoms with Crippen LogP contribution in [-0.4, -0.2) is 24.2 Å². The number of aryl methyl sites for hydroxylation is 1. The lowest BCUT2D eigenvalue weighted by molar-refractivity contribution is 0.0601. The fourth-order valence-corrected chi connectivity index (χ4v) is 2.20. The van der Waals surface area contributed by atoms with Crippen LogP contribution in [0.4, 0.5) is 5.69 Å². The van der Waals surface area contributed by atoms with Crippen LogP contribution in [0.1, 0.15) is 42.6 Å². The molecule has 110 valence electrons. The molecule has 0 radical (unpaired) electrons. The van der Waals surface area contributed by atoms with E-state index in [1.165, 1.54) is 7.11 Å². The lowest BCUT2D eigenvalue weighted by Crippen LogP contribution is -2.35. The molecule has 0 heterocycles. The van der Waals surface area contributed by atoms with Gasteiger partial charge in [0.05, 0.1) is 12.7 Å². The number of carbonyl (C=O) groups excluding carboxylic acids is 1. The van der Waals surface area contributed by atoms with Crippen molar-refractivity contribution in [3.63, 3.8) is 0 Å². The van der Waals surface area contributed by atoms with Crippen molar-refractivity contribution in [2.45, 2.75) is 39.7 Å². The van der Waals surface area contributed by atoms with Crippen molar-refractivity contribution in [3.05, 3.63) is 29.3 Å². The minimum atomic E-state index is -0.355. The van der Waals surface area contributed by atoms with Gasteiger partial charge in [-0.05, 0) is 50.2 Å². The van der Waals surface area contributed by atoms with E-state index in [0.29, 0.717) is 16.7 Å². The zero-order chi connectivity index (χ0) is 15.1. The molecule has 0 unspecified atom stereocenters. The third kappa shape index (κ3) is 4.81. The maximum Gasteiger partial charge on any atom is 0.337 e. The molecule has 20 heavy (non-hydrogen) atoms. The Labute approximate surface area is 125 Å². The van der Waals surface area contributed by atoms with Crippen LogP contribution in [-0.2, 0) is 4.74 Å². The lowest BCUT2D eigenvalue weighted by Gasteiger charge is -2.17. The topological polar surface area (TPSA) is 50.4 Å². The monoisotopic (exact) mass is 294 g/mol. The van der Waals surface area contributed by atoms with Crippen molar-refractivity contribution in [2.24, 2.45) is 0 Å². The molecule has 0 aliphatic rings. The highest BCUT2D eigenvalue weighted by molar-refractivity contribution is 7.80. The summed E-state index contributed by atoms with van der Waals surface area (Å²) in [7, 11) is 1.37. The summed E-state index contributed by atoms with van der Waals surface area (Å²) in [6.07, 6.45) is 2.16. The first-order valence-electron chi connectivity index (χ1n) is 6.74. The SMILES string of the molecule is CCC[C@H](C)NC(=S)Nc1cc(C(=O)OC)ccc1C. The fraction of sp³-hybridized carbons (Fsp3) is 0.467. The number of esters is 1. The summed E-state index contributed by atoms with van der Waals surface area (Å²) in [5, 5.41) is 6.92. The average molecular weight is 294 g/mol. The second-order valence-corrected chi connectivity index (χ2v) is 5.22. The van der Waals surface area contributed by atoms with Gasteiger partial charge in [-0.25, -0.2) is 4.79 Å². The number of methoxy groups -OCH3 is 1. The Morgan fingerprint density at radius 2 is 2.15 bits per heavy atom. The molecule has 0 spiro atoms. The molecule has 1 aromatic rings. The Hall–Kier alpha value is -1.62. The summed E-state index contributed by atoms with van der Waals surface area (Å²) in [6, 6.07) is 5.68. The highest BCUT2D eigenvalue weighted by Crippen LogP contribution is 2.17. The van der Waals surface area contributed by atoms with E-state index in [1.54, 1.807) is 12.1 Å². The Morgan fingerprint density at radius 1 is 1.45 bits per heavy atom. The number of benzene rings is 1. The van der Waals surface area contributed by atoms with Gasteiger partial charge in [-0.3, -0.25) is 0 Å². The normalized spacial score (nSPS) is 11.6. The number of ether oxygens (including phenoxy) is 1. The van der Waals surface area contributed by atoms with E-state index in [2.05, 4.69) is 24.5 Å². The van der Waals surface area contributed by atoms with Crippen LogP contribution in [0.15, 0.2) is 18.2 Å². The van der Waals surface area contributed by atoms with E-state index < -0.39 is 0 Å². The van der Waals surface area contributed by atoms with Gasteiger partial charge in [0.15, 0.2) is 5.11 Å². The van der Waals surface area contributed by atoms with E-state index >= 15 is 0 Å². The first-order chi connectivity index (χ1) is 9.47. The zero-order valence-corrected chi connectivity index (χ0v) is 13.3. The molecule has 2 N–H and O–H groups in total. The summed E-state index contributed by atoms with van der Waals surface area (Å²) in [5.74, 6) is -0.355. The van der Waals surface area contributed by atoms with Gasteiger partial charge in [0.2, 0.25) is 0 Å². The highest BCUT2D eigenvalue weighted by atomic mass is 32.1. The van der Waals surface area contributed by atoms with Crippen LogP contribution in [0.5, 0.6) is 0 Å². The number of carbonyl (C=O) groups is 1. The molecule has 0 aromatic heterocycles. The Balaban J connectivity index is 2.76. The standard InChI is InChI=1S/C15H22N2O2S/c1-5-6-11(3)16-15(20)17-13-9-12(14(18)19-4)8-7-10(13)2/h7-9,11H,5-6H2,1-4H3,(H2,16,17,20)/t11-/m0/s1. The molecule has 5 heteroatoms. The van der Waals surface area contributed by atoms with Crippen LogP contribution in [0.3, 0.4) is 0 Å². The molecule has 0 bridgehead atoms. The van der Waals surface area contributed by atoms with Crippen molar-refractivity contribution in [1.29, 1.82) is 0 Å². The van der Waals surface area contributed by atoms with E-state index in [4.69, 9.17) is 17.0 Å². The summed E-state index contributed by atoms with van der Waals surface area (Å²) < 4.78 is 4.72. The first kappa shape index (κ1) is 16.4. The quantitative estimate of drug-likeness (QED) is 0.645. The second kappa shape index (κ2) is 7.85. The first-order valence-corrected chi connectivity index (χ1v) is 7.15. The van der Waals surface area contributed by atoms with Gasteiger partial charge >= 0.3 is 5.97 Å². The lowest BCUT2D eigenvalue weighted by atomic mass is 10.1. The molecule has 1 atom stereocenters. The Morgan fingerprint density at radius 3 is 2.75 bits per heavy atom. The molecule has 0 saturated carbocycles. The number of anilines is 1. The molecule has 0 amide bonds. The van der Waals surface area contributed by atoms with Gasteiger partial charge < -0.3 is 15.4 Å². The maximum absolute atomic E-state index is 11.5. The smallest absolute Gasteiger partial charge is 0.337 e. The molecule has 0 saturated heterocycles. The molecular weight excluding hydrogens is 272 g/mol.